The number of carbonyl (C=O) groups excluding carboxylic acids is 1. The van der Waals surface area contributed by atoms with Crippen LogP contribution >= 0.6 is 11.6 Å². The summed E-state index contributed by atoms with van der Waals surface area (Å²) >= 11 is 6.28. The monoisotopic (exact) mass is 280 g/mol. The van der Waals surface area contributed by atoms with E-state index in [9.17, 15) is 4.79 Å². The molecule has 0 aliphatic carbocycles. The fourth-order valence-corrected chi connectivity index (χ4v) is 3.06. The molecule has 19 heavy (non-hydrogen) atoms. The van der Waals surface area contributed by atoms with Gasteiger partial charge in [-0.25, -0.2) is 0 Å². The van der Waals surface area contributed by atoms with Gasteiger partial charge in [-0.05, 0) is 36.5 Å². The molecule has 4 nitrogen and oxygen atoms in total. The molecule has 1 amide bonds. The van der Waals surface area contributed by atoms with Crippen molar-refractivity contribution in [2.75, 3.05) is 11.9 Å². The van der Waals surface area contributed by atoms with E-state index in [2.05, 4.69) is 5.32 Å². The van der Waals surface area contributed by atoms with Crippen molar-refractivity contribution in [2.45, 2.75) is 37.8 Å². The van der Waals surface area contributed by atoms with Crippen LogP contribution in [0.5, 0.6) is 0 Å². The Labute approximate surface area is 117 Å². The predicted octanol–water partition coefficient (Wildman–Crippen LogP) is 2.40. The average molecular weight is 281 g/mol. The number of nitrogens with one attached hydrogen (secondary N) is 1. The molecule has 1 fully saturated rings. The van der Waals surface area contributed by atoms with Gasteiger partial charge in [0.1, 0.15) is 0 Å². The molecule has 1 aromatic carbocycles. The number of hydrogen-bond donors (Lipinski definition) is 2. The third-order valence-electron chi connectivity index (χ3n) is 3.82. The number of nitrogens with two attached hydrogens (primary N) is 1. The van der Waals surface area contributed by atoms with E-state index in [1.165, 1.54) is 0 Å². The molecular formula is C14H17ClN2O2. The Bertz CT molecular complexity index is 512. The number of fused-ring (bicyclic) bond motifs is 1. The highest BCUT2D eigenvalue weighted by Gasteiger charge is 2.27. The van der Waals surface area contributed by atoms with E-state index in [0.29, 0.717) is 11.4 Å². The zero-order chi connectivity index (χ0) is 13.4. The Hall–Kier alpha value is -1.10. The van der Waals surface area contributed by atoms with Crippen LogP contribution in [0.25, 0.3) is 0 Å². The van der Waals surface area contributed by atoms with E-state index in [0.717, 1.165) is 42.7 Å². The lowest BCUT2D eigenvalue weighted by Gasteiger charge is -2.29. The lowest BCUT2D eigenvalue weighted by molar-refractivity contribution is -0.115. The maximum atomic E-state index is 11.4. The minimum absolute atomic E-state index is 0.00528. The van der Waals surface area contributed by atoms with E-state index < -0.39 is 0 Å². The number of anilines is 1. The molecule has 2 unspecified atom stereocenters. The summed E-state index contributed by atoms with van der Waals surface area (Å²) in [5.41, 5.74) is 8.93. The van der Waals surface area contributed by atoms with Gasteiger partial charge in [0.2, 0.25) is 5.91 Å². The largest absolute Gasteiger partial charge is 0.376 e. The Morgan fingerprint density at radius 3 is 3.00 bits per heavy atom. The molecule has 0 bridgehead atoms. The van der Waals surface area contributed by atoms with Crippen LogP contribution in [0, 0.1) is 0 Å². The third-order valence-corrected chi connectivity index (χ3v) is 4.15. The molecule has 5 heteroatoms. The van der Waals surface area contributed by atoms with Gasteiger partial charge in [-0.15, -0.1) is 0 Å². The number of rotatable bonds is 2. The van der Waals surface area contributed by atoms with Crippen molar-refractivity contribution in [3.63, 3.8) is 0 Å². The summed E-state index contributed by atoms with van der Waals surface area (Å²) in [6.45, 7) is 0.765. The van der Waals surface area contributed by atoms with Gasteiger partial charge in [-0.2, -0.15) is 0 Å². The van der Waals surface area contributed by atoms with E-state index in [1.54, 1.807) is 6.07 Å². The predicted molar refractivity (Wildman–Crippen MR) is 74.3 cm³/mol. The van der Waals surface area contributed by atoms with Crippen LogP contribution in [0.1, 0.15) is 36.4 Å². The van der Waals surface area contributed by atoms with Crippen molar-refractivity contribution in [1.82, 2.24) is 0 Å². The number of hydrogen-bond acceptors (Lipinski definition) is 3. The summed E-state index contributed by atoms with van der Waals surface area (Å²) in [4.78, 5) is 11.4. The van der Waals surface area contributed by atoms with Gasteiger partial charge in [0.05, 0.1) is 18.6 Å². The van der Waals surface area contributed by atoms with E-state index >= 15 is 0 Å². The molecule has 0 aromatic heterocycles. The van der Waals surface area contributed by atoms with Crippen LogP contribution in [0.3, 0.4) is 0 Å². The molecule has 102 valence electrons. The number of benzene rings is 1. The summed E-state index contributed by atoms with van der Waals surface area (Å²) in [6, 6.07) is 3.51. The zero-order valence-electron chi connectivity index (χ0n) is 10.6. The lowest BCUT2D eigenvalue weighted by atomic mass is 9.94. The highest BCUT2D eigenvalue weighted by molar-refractivity contribution is 6.32. The van der Waals surface area contributed by atoms with Crippen LogP contribution in [0.15, 0.2) is 12.1 Å². The first-order valence-electron chi connectivity index (χ1n) is 6.64. The first-order chi connectivity index (χ1) is 9.15. The molecular weight excluding hydrogens is 264 g/mol. The number of carbonyl (C=O) groups is 1. The highest BCUT2D eigenvalue weighted by atomic mass is 35.5. The van der Waals surface area contributed by atoms with Crippen LogP contribution in [0.4, 0.5) is 5.69 Å². The third kappa shape index (κ3) is 2.48. The molecule has 2 atom stereocenters. The van der Waals surface area contributed by atoms with Gasteiger partial charge in [-0.1, -0.05) is 17.7 Å². The van der Waals surface area contributed by atoms with Crippen LogP contribution in [0.2, 0.25) is 5.02 Å². The Kier molecular flexibility index (Phi) is 3.48. The van der Waals surface area contributed by atoms with Crippen molar-refractivity contribution in [1.29, 1.82) is 0 Å². The Morgan fingerprint density at radius 2 is 2.26 bits per heavy atom. The topological polar surface area (TPSA) is 64.3 Å². The molecule has 0 saturated carbocycles. The quantitative estimate of drug-likeness (QED) is 0.874. The van der Waals surface area contributed by atoms with Crippen molar-refractivity contribution >= 4 is 23.2 Å². The molecule has 2 aliphatic rings. The van der Waals surface area contributed by atoms with E-state index in [1.807, 2.05) is 6.07 Å². The maximum absolute atomic E-state index is 11.4. The number of amides is 1. The Morgan fingerprint density at radius 1 is 1.42 bits per heavy atom. The molecule has 2 heterocycles. The Balaban J connectivity index is 1.88. The minimum atomic E-state index is -0.228. The van der Waals surface area contributed by atoms with Crippen molar-refractivity contribution in [3.8, 4) is 0 Å². The van der Waals surface area contributed by atoms with Gasteiger partial charge >= 0.3 is 0 Å². The molecule has 1 saturated heterocycles. The van der Waals surface area contributed by atoms with Crippen LogP contribution in [-0.2, 0) is 16.0 Å². The molecule has 1 aromatic rings. The number of halogens is 1. The summed E-state index contributed by atoms with van der Waals surface area (Å²) in [7, 11) is 0. The first kappa shape index (κ1) is 12.9. The second kappa shape index (κ2) is 5.12. The number of ether oxygens (including phenoxy) is 1. The second-order valence-electron chi connectivity index (χ2n) is 5.19. The maximum Gasteiger partial charge on any atom is 0.228 e. The van der Waals surface area contributed by atoms with Gasteiger partial charge in [-0.3, -0.25) is 4.79 Å². The standard InChI is InChI=1S/C14H17ClN2O2/c15-10-7-11-8(6-13(18)17-11)5-9(10)14(16)12-3-1-2-4-19-12/h5,7,12,14H,1-4,6,16H2,(H,17,18). The van der Waals surface area contributed by atoms with Crippen molar-refractivity contribution in [3.05, 3.63) is 28.3 Å². The fraction of sp³-hybridized carbons (Fsp3) is 0.500. The summed E-state index contributed by atoms with van der Waals surface area (Å²) in [5.74, 6) is 0.00528. The summed E-state index contributed by atoms with van der Waals surface area (Å²) < 4.78 is 5.72. The molecule has 3 rings (SSSR count). The zero-order valence-corrected chi connectivity index (χ0v) is 11.4. The van der Waals surface area contributed by atoms with Gasteiger partial charge in [0.25, 0.3) is 0 Å². The normalized spacial score (nSPS) is 23.9. The summed E-state index contributed by atoms with van der Waals surface area (Å²) in [6.07, 6.45) is 3.62. The van der Waals surface area contributed by atoms with Crippen molar-refractivity contribution < 1.29 is 9.53 Å². The molecule has 0 radical (unpaired) electrons. The van der Waals surface area contributed by atoms with Gasteiger partial charge in [0, 0.05) is 17.3 Å². The van der Waals surface area contributed by atoms with E-state index in [4.69, 9.17) is 22.1 Å². The highest BCUT2D eigenvalue weighted by Crippen LogP contribution is 2.35. The van der Waals surface area contributed by atoms with Crippen LogP contribution in [-0.4, -0.2) is 18.6 Å². The first-order valence-corrected chi connectivity index (χ1v) is 7.02. The fourth-order valence-electron chi connectivity index (χ4n) is 2.77. The second-order valence-corrected chi connectivity index (χ2v) is 5.59. The van der Waals surface area contributed by atoms with E-state index in [-0.39, 0.29) is 18.1 Å². The lowest BCUT2D eigenvalue weighted by Crippen LogP contribution is -2.32. The SMILES string of the molecule is NC(c1cc2c(cc1Cl)NC(=O)C2)C1CCCCO1. The minimum Gasteiger partial charge on any atom is -0.376 e. The van der Waals surface area contributed by atoms with Gasteiger partial charge in [0.15, 0.2) is 0 Å². The summed E-state index contributed by atoms with van der Waals surface area (Å²) in [5, 5.41) is 3.39. The smallest absolute Gasteiger partial charge is 0.228 e. The molecule has 3 N–H and O–H groups in total. The van der Waals surface area contributed by atoms with Gasteiger partial charge < -0.3 is 15.8 Å². The molecule has 2 aliphatic heterocycles. The van der Waals surface area contributed by atoms with Crippen molar-refractivity contribution in [2.24, 2.45) is 5.73 Å². The average Bonchev–Trinajstić information content (AvgIpc) is 2.77. The molecule has 0 spiro atoms. The van der Waals surface area contributed by atoms with Crippen LogP contribution < -0.4 is 11.1 Å².